The summed E-state index contributed by atoms with van der Waals surface area (Å²) in [5, 5.41) is 3.64. The summed E-state index contributed by atoms with van der Waals surface area (Å²) >= 11 is 1.75. The number of thiophene rings is 1. The van der Waals surface area contributed by atoms with Gasteiger partial charge in [0.1, 0.15) is 0 Å². The van der Waals surface area contributed by atoms with Gasteiger partial charge in [0, 0.05) is 71.0 Å². The van der Waals surface area contributed by atoms with Crippen molar-refractivity contribution in [2.75, 3.05) is 0 Å². The number of aromatic nitrogens is 5. The fraction of sp³-hybridized carbons (Fsp3) is 0.0196. The van der Waals surface area contributed by atoms with Gasteiger partial charge in [-0.2, -0.15) is 0 Å². The lowest BCUT2D eigenvalue weighted by atomic mass is 9.97. The summed E-state index contributed by atoms with van der Waals surface area (Å²) in [5.74, 6) is 1.72. The first-order valence-electron chi connectivity index (χ1n) is 19.0. The molecule has 10 aromatic rings. The number of rotatable bonds is 8. The monoisotopic (exact) mass is 749 g/mol. The van der Waals surface area contributed by atoms with E-state index in [9.17, 15) is 0 Å². The Labute approximate surface area is 334 Å². The first-order chi connectivity index (χ1) is 28.2. The lowest BCUT2D eigenvalue weighted by Gasteiger charge is -2.14. The second kappa shape index (κ2) is 14.4. The van der Waals surface area contributed by atoms with Gasteiger partial charge in [-0.3, -0.25) is 4.98 Å². The lowest BCUT2D eigenvalue weighted by molar-refractivity contribution is 1.07. The summed E-state index contributed by atoms with van der Waals surface area (Å²) in [6.45, 7) is 6.89. The highest BCUT2D eigenvalue weighted by Gasteiger charge is 2.24. The third-order valence-electron chi connectivity index (χ3n) is 10.4. The molecular formula is C51H35N5S. The van der Waals surface area contributed by atoms with E-state index in [1.165, 1.54) is 26.4 Å². The van der Waals surface area contributed by atoms with Crippen LogP contribution in [0, 0.1) is 0 Å². The normalized spacial score (nSPS) is 11.6. The molecular weight excluding hydrogens is 715 g/mol. The van der Waals surface area contributed by atoms with Crippen LogP contribution in [-0.4, -0.2) is 24.5 Å². The molecule has 0 N–H and O–H groups in total. The van der Waals surface area contributed by atoms with Crippen LogP contribution >= 0.6 is 11.3 Å². The molecule has 5 nitrogen and oxygen atoms in total. The highest BCUT2D eigenvalue weighted by molar-refractivity contribution is 7.20. The Morgan fingerprint density at radius 2 is 1.16 bits per heavy atom. The molecule has 0 unspecified atom stereocenters. The molecule has 0 saturated carbocycles. The van der Waals surface area contributed by atoms with E-state index in [1.807, 2.05) is 85.1 Å². The van der Waals surface area contributed by atoms with Crippen LogP contribution in [0.1, 0.15) is 23.1 Å². The fourth-order valence-electron chi connectivity index (χ4n) is 7.78. The molecule has 6 aromatic carbocycles. The van der Waals surface area contributed by atoms with Crippen molar-refractivity contribution in [2.24, 2.45) is 0 Å². The van der Waals surface area contributed by atoms with E-state index in [-0.39, 0.29) is 0 Å². The molecule has 4 heterocycles. The quantitative estimate of drug-likeness (QED) is 0.155. The molecule has 0 aliphatic carbocycles. The van der Waals surface area contributed by atoms with Crippen molar-refractivity contribution in [1.29, 1.82) is 0 Å². The van der Waals surface area contributed by atoms with Gasteiger partial charge in [-0.05, 0) is 48.9 Å². The van der Waals surface area contributed by atoms with Gasteiger partial charge in [-0.25, -0.2) is 15.0 Å². The second-order valence-electron chi connectivity index (χ2n) is 13.9. The Hall–Kier alpha value is -7.28. The van der Waals surface area contributed by atoms with Gasteiger partial charge in [-0.1, -0.05) is 146 Å². The summed E-state index contributed by atoms with van der Waals surface area (Å²) in [6.07, 6.45) is 6.27. The Kier molecular flexibility index (Phi) is 8.66. The maximum Gasteiger partial charge on any atom is 0.166 e. The smallest absolute Gasteiger partial charge is 0.166 e. The minimum atomic E-state index is 0.533. The zero-order valence-electron chi connectivity index (χ0n) is 31.2. The summed E-state index contributed by atoms with van der Waals surface area (Å²) < 4.78 is 3.55. The van der Waals surface area contributed by atoms with Crippen molar-refractivity contribution in [2.45, 2.75) is 6.92 Å². The standard InChI is InChI=1S/C51H35N5S/c1-3-18-40-46-44(30-29-43-45(46)39-27-16-17-28-42(39)56(43)38-25-14-7-15-26-38)57-48(40)33(2)47-41(31-37(32-52-47)34-19-8-4-9-20-34)51-54-49(35-21-10-5-11-22-35)53-50(55-51)36-23-12-6-13-24-36/h3-32H,2H2,1H3/b18-3-. The van der Waals surface area contributed by atoms with Crippen LogP contribution in [-0.2, 0) is 0 Å². The first-order valence-corrected chi connectivity index (χ1v) is 19.8. The molecule has 270 valence electrons. The fourth-order valence-corrected chi connectivity index (χ4v) is 8.95. The highest BCUT2D eigenvalue weighted by Crippen LogP contribution is 2.46. The molecule has 4 aromatic heterocycles. The maximum absolute atomic E-state index is 5.22. The number of hydrogen-bond donors (Lipinski definition) is 0. The third kappa shape index (κ3) is 6.04. The molecule has 0 radical (unpaired) electrons. The number of benzene rings is 6. The Morgan fingerprint density at radius 1 is 0.579 bits per heavy atom. The average molecular weight is 750 g/mol. The summed E-state index contributed by atoms with van der Waals surface area (Å²) in [6, 6.07) is 56.4. The van der Waals surface area contributed by atoms with Crippen LogP contribution in [0.2, 0.25) is 0 Å². The molecule has 0 aliphatic rings. The van der Waals surface area contributed by atoms with E-state index in [1.54, 1.807) is 11.3 Å². The summed E-state index contributed by atoms with van der Waals surface area (Å²) in [4.78, 5) is 21.6. The van der Waals surface area contributed by atoms with E-state index in [0.717, 1.165) is 60.7 Å². The molecule has 0 spiro atoms. The summed E-state index contributed by atoms with van der Waals surface area (Å²) in [5.41, 5.74) is 10.7. The van der Waals surface area contributed by atoms with Crippen molar-refractivity contribution in [3.8, 4) is 51.0 Å². The zero-order valence-corrected chi connectivity index (χ0v) is 32.0. The number of nitrogens with zero attached hydrogens (tertiary/aromatic N) is 5. The van der Waals surface area contributed by atoms with Crippen molar-refractivity contribution >= 4 is 54.9 Å². The lowest BCUT2D eigenvalue weighted by Crippen LogP contribution is -2.03. The van der Waals surface area contributed by atoms with Crippen molar-refractivity contribution in [3.05, 3.63) is 199 Å². The van der Waals surface area contributed by atoms with Crippen LogP contribution in [0.5, 0.6) is 0 Å². The largest absolute Gasteiger partial charge is 0.309 e. The molecule has 0 fully saturated rings. The molecule has 0 saturated heterocycles. The van der Waals surface area contributed by atoms with Crippen LogP contribution in [0.4, 0.5) is 0 Å². The van der Waals surface area contributed by atoms with E-state index in [0.29, 0.717) is 17.5 Å². The van der Waals surface area contributed by atoms with Gasteiger partial charge in [0.2, 0.25) is 0 Å². The predicted molar refractivity (Wildman–Crippen MR) is 238 cm³/mol. The second-order valence-corrected chi connectivity index (χ2v) is 14.9. The van der Waals surface area contributed by atoms with Crippen LogP contribution < -0.4 is 0 Å². The highest BCUT2D eigenvalue weighted by atomic mass is 32.1. The molecule has 6 heteroatoms. The number of hydrogen-bond acceptors (Lipinski definition) is 5. The van der Waals surface area contributed by atoms with Crippen molar-refractivity contribution < 1.29 is 0 Å². The number of pyridine rings is 1. The SMILES string of the molecule is C=C(c1ncc(-c2ccccc2)cc1-c1nc(-c2ccccc2)nc(-c2ccccc2)n1)c1sc2ccc3c(c4ccccc4n3-c3ccccc3)c2c1/C=C\C. The summed E-state index contributed by atoms with van der Waals surface area (Å²) in [7, 11) is 0. The molecule has 0 bridgehead atoms. The van der Waals surface area contributed by atoms with E-state index in [2.05, 4.69) is 109 Å². The van der Waals surface area contributed by atoms with Gasteiger partial charge in [-0.15, -0.1) is 11.3 Å². The average Bonchev–Trinajstić information content (AvgIpc) is 3.82. The maximum atomic E-state index is 5.22. The Bertz CT molecular complexity index is 3070. The van der Waals surface area contributed by atoms with Gasteiger partial charge < -0.3 is 4.57 Å². The predicted octanol–water partition coefficient (Wildman–Crippen LogP) is 13.3. The number of allylic oxidation sites excluding steroid dienone is 1. The molecule has 57 heavy (non-hydrogen) atoms. The van der Waals surface area contributed by atoms with Crippen LogP contribution in [0.25, 0.3) is 94.5 Å². The van der Waals surface area contributed by atoms with Gasteiger partial charge >= 0.3 is 0 Å². The third-order valence-corrected chi connectivity index (χ3v) is 11.6. The minimum Gasteiger partial charge on any atom is -0.309 e. The Balaban J connectivity index is 1.22. The van der Waals surface area contributed by atoms with Gasteiger partial charge in [0.05, 0.1) is 16.7 Å². The molecule has 0 atom stereocenters. The molecule has 10 rings (SSSR count). The van der Waals surface area contributed by atoms with Crippen molar-refractivity contribution in [1.82, 2.24) is 24.5 Å². The first kappa shape index (κ1) is 34.2. The van der Waals surface area contributed by atoms with Crippen LogP contribution in [0.15, 0.2) is 183 Å². The zero-order chi connectivity index (χ0) is 38.3. The van der Waals surface area contributed by atoms with E-state index < -0.39 is 0 Å². The molecule has 0 aliphatic heterocycles. The number of fused-ring (bicyclic) bond motifs is 5. The van der Waals surface area contributed by atoms with E-state index >= 15 is 0 Å². The Morgan fingerprint density at radius 3 is 1.81 bits per heavy atom. The van der Waals surface area contributed by atoms with Crippen LogP contribution in [0.3, 0.4) is 0 Å². The number of para-hydroxylation sites is 2. The minimum absolute atomic E-state index is 0.533. The topological polar surface area (TPSA) is 56.5 Å². The molecule has 0 amide bonds. The van der Waals surface area contributed by atoms with E-state index in [4.69, 9.17) is 26.5 Å². The van der Waals surface area contributed by atoms with Gasteiger partial charge in [0.25, 0.3) is 0 Å². The van der Waals surface area contributed by atoms with Crippen molar-refractivity contribution in [3.63, 3.8) is 0 Å². The van der Waals surface area contributed by atoms with Gasteiger partial charge in [0.15, 0.2) is 17.5 Å².